The van der Waals surface area contributed by atoms with Crippen molar-refractivity contribution in [1.29, 1.82) is 0 Å². The summed E-state index contributed by atoms with van der Waals surface area (Å²) in [6.07, 6.45) is 0. The molecule has 0 unspecified atom stereocenters. The molecule has 0 amide bonds. The van der Waals surface area contributed by atoms with E-state index in [0.717, 1.165) is 11.1 Å². The summed E-state index contributed by atoms with van der Waals surface area (Å²) in [6.45, 7) is 7.38. The quantitative estimate of drug-likeness (QED) is 0.821. The molecule has 0 spiro atoms. The van der Waals surface area contributed by atoms with E-state index in [1.165, 1.54) is 11.4 Å². The van der Waals surface area contributed by atoms with Crippen LogP contribution in [0.2, 0.25) is 0 Å². The number of benzene rings is 1. The maximum atomic E-state index is 12.1. The van der Waals surface area contributed by atoms with E-state index >= 15 is 0 Å². The van der Waals surface area contributed by atoms with Gasteiger partial charge in [0.15, 0.2) is 0 Å². The molecule has 1 aromatic rings. The van der Waals surface area contributed by atoms with Gasteiger partial charge in [0.25, 0.3) is 0 Å². The lowest BCUT2D eigenvalue weighted by Gasteiger charge is -2.23. The number of rotatable bonds is 4. The van der Waals surface area contributed by atoms with Crippen LogP contribution in [0.15, 0.2) is 12.1 Å². The van der Waals surface area contributed by atoms with Gasteiger partial charge in [-0.05, 0) is 44.9 Å². The standard InChI is InChI=1S/C12H21N3O2S/c1-8(2)15(5)18(16,17)14-12-10(4)9(3)6-7-11(12)13/h6-8,14H,13H2,1-5H3. The van der Waals surface area contributed by atoms with Crippen molar-refractivity contribution in [2.45, 2.75) is 33.7 Å². The van der Waals surface area contributed by atoms with Gasteiger partial charge < -0.3 is 5.73 Å². The third-order valence-electron chi connectivity index (χ3n) is 3.11. The van der Waals surface area contributed by atoms with Gasteiger partial charge >= 0.3 is 10.2 Å². The molecule has 0 aromatic heterocycles. The number of aryl methyl sites for hydroxylation is 1. The van der Waals surface area contributed by atoms with E-state index in [4.69, 9.17) is 5.73 Å². The van der Waals surface area contributed by atoms with Crippen LogP contribution in [0.3, 0.4) is 0 Å². The normalized spacial score (nSPS) is 12.2. The number of nitrogens with zero attached hydrogens (tertiary/aromatic N) is 1. The molecule has 0 radical (unpaired) electrons. The molecule has 5 nitrogen and oxygen atoms in total. The fourth-order valence-electron chi connectivity index (χ4n) is 1.45. The number of hydrogen-bond acceptors (Lipinski definition) is 3. The summed E-state index contributed by atoms with van der Waals surface area (Å²) in [5, 5.41) is 0. The Hall–Kier alpha value is -1.27. The summed E-state index contributed by atoms with van der Waals surface area (Å²) in [6, 6.07) is 3.46. The lowest BCUT2D eigenvalue weighted by molar-refractivity contribution is 0.414. The van der Waals surface area contributed by atoms with Crippen molar-refractivity contribution in [2.75, 3.05) is 17.5 Å². The first-order chi connectivity index (χ1) is 8.16. The number of nitrogens with two attached hydrogens (primary N) is 1. The molecule has 0 aliphatic rings. The van der Waals surface area contributed by atoms with Gasteiger partial charge in [-0.1, -0.05) is 6.07 Å². The Labute approximate surface area is 109 Å². The average molecular weight is 271 g/mol. The largest absolute Gasteiger partial charge is 0.397 e. The van der Waals surface area contributed by atoms with Crippen molar-refractivity contribution in [3.63, 3.8) is 0 Å². The molecule has 18 heavy (non-hydrogen) atoms. The molecule has 1 aromatic carbocycles. The van der Waals surface area contributed by atoms with Gasteiger partial charge in [-0.15, -0.1) is 0 Å². The molecule has 0 atom stereocenters. The summed E-state index contributed by atoms with van der Waals surface area (Å²) in [4.78, 5) is 0. The molecule has 0 aliphatic heterocycles. The van der Waals surface area contributed by atoms with Crippen molar-refractivity contribution in [2.24, 2.45) is 0 Å². The number of nitrogens with one attached hydrogen (secondary N) is 1. The van der Waals surface area contributed by atoms with E-state index in [0.29, 0.717) is 11.4 Å². The third-order valence-corrected chi connectivity index (χ3v) is 4.75. The molecule has 0 saturated carbocycles. The highest BCUT2D eigenvalue weighted by molar-refractivity contribution is 7.90. The van der Waals surface area contributed by atoms with Gasteiger partial charge in [0, 0.05) is 13.1 Å². The van der Waals surface area contributed by atoms with Crippen LogP contribution >= 0.6 is 0 Å². The Bertz CT molecular complexity index is 538. The minimum Gasteiger partial charge on any atom is -0.397 e. The van der Waals surface area contributed by atoms with Crippen molar-refractivity contribution in [3.05, 3.63) is 23.3 Å². The maximum Gasteiger partial charge on any atom is 0.301 e. The molecule has 0 fully saturated rings. The second kappa shape index (κ2) is 5.16. The van der Waals surface area contributed by atoms with Crippen LogP contribution in [0.25, 0.3) is 0 Å². The monoisotopic (exact) mass is 271 g/mol. The molecule has 0 saturated heterocycles. The Balaban J connectivity index is 3.17. The summed E-state index contributed by atoms with van der Waals surface area (Å²) in [5.74, 6) is 0. The van der Waals surface area contributed by atoms with E-state index in [1.54, 1.807) is 6.07 Å². The summed E-state index contributed by atoms with van der Waals surface area (Å²) in [5.41, 5.74) is 8.56. The molecule has 0 bridgehead atoms. The molecule has 0 aliphatic carbocycles. The number of hydrogen-bond donors (Lipinski definition) is 2. The molecular weight excluding hydrogens is 250 g/mol. The highest BCUT2D eigenvalue weighted by Gasteiger charge is 2.22. The van der Waals surface area contributed by atoms with Crippen LogP contribution in [-0.4, -0.2) is 25.8 Å². The lowest BCUT2D eigenvalue weighted by atomic mass is 10.1. The van der Waals surface area contributed by atoms with E-state index in [9.17, 15) is 8.42 Å². The Morgan fingerprint density at radius 1 is 1.28 bits per heavy atom. The fraction of sp³-hybridized carbons (Fsp3) is 0.500. The zero-order valence-electron chi connectivity index (χ0n) is 11.5. The van der Waals surface area contributed by atoms with Crippen molar-refractivity contribution in [3.8, 4) is 0 Å². The zero-order valence-corrected chi connectivity index (χ0v) is 12.3. The fourth-order valence-corrected chi connectivity index (χ4v) is 2.68. The summed E-state index contributed by atoms with van der Waals surface area (Å²) < 4.78 is 28.1. The van der Waals surface area contributed by atoms with Crippen LogP contribution in [-0.2, 0) is 10.2 Å². The van der Waals surface area contributed by atoms with Crippen molar-refractivity contribution in [1.82, 2.24) is 4.31 Å². The Kier molecular flexibility index (Phi) is 4.24. The number of anilines is 2. The average Bonchev–Trinajstić information content (AvgIpc) is 2.28. The summed E-state index contributed by atoms with van der Waals surface area (Å²) in [7, 11) is -2.03. The second-order valence-corrected chi connectivity index (χ2v) is 6.42. The van der Waals surface area contributed by atoms with Crippen LogP contribution < -0.4 is 10.5 Å². The van der Waals surface area contributed by atoms with Gasteiger partial charge in [0.2, 0.25) is 0 Å². The number of nitrogen functional groups attached to an aromatic ring is 1. The van der Waals surface area contributed by atoms with Crippen molar-refractivity contribution < 1.29 is 8.42 Å². The van der Waals surface area contributed by atoms with Crippen LogP contribution in [0, 0.1) is 13.8 Å². The highest BCUT2D eigenvalue weighted by Crippen LogP contribution is 2.27. The van der Waals surface area contributed by atoms with Crippen LogP contribution in [0.1, 0.15) is 25.0 Å². The summed E-state index contributed by atoms with van der Waals surface area (Å²) >= 11 is 0. The Morgan fingerprint density at radius 2 is 1.83 bits per heavy atom. The molecular formula is C12H21N3O2S. The molecule has 1 rings (SSSR count). The SMILES string of the molecule is Cc1ccc(N)c(NS(=O)(=O)N(C)C(C)C)c1C. The van der Waals surface area contributed by atoms with Gasteiger partial charge in [0.05, 0.1) is 11.4 Å². The third kappa shape index (κ3) is 2.94. The van der Waals surface area contributed by atoms with Gasteiger partial charge in [-0.25, -0.2) is 0 Å². The molecule has 0 heterocycles. The zero-order chi connectivity index (χ0) is 14.1. The molecule has 6 heteroatoms. The van der Waals surface area contributed by atoms with Gasteiger partial charge in [-0.3, -0.25) is 4.72 Å². The van der Waals surface area contributed by atoms with E-state index in [2.05, 4.69) is 4.72 Å². The van der Waals surface area contributed by atoms with Crippen molar-refractivity contribution >= 4 is 21.6 Å². The first-order valence-corrected chi connectivity index (χ1v) is 7.22. The van der Waals surface area contributed by atoms with Crippen LogP contribution in [0.5, 0.6) is 0 Å². The Morgan fingerprint density at radius 3 is 2.33 bits per heavy atom. The maximum absolute atomic E-state index is 12.1. The van der Waals surface area contributed by atoms with E-state index in [-0.39, 0.29) is 6.04 Å². The second-order valence-electron chi connectivity index (χ2n) is 4.69. The molecule has 3 N–H and O–H groups in total. The van der Waals surface area contributed by atoms with E-state index in [1.807, 2.05) is 33.8 Å². The lowest BCUT2D eigenvalue weighted by Crippen LogP contribution is -2.37. The topological polar surface area (TPSA) is 75.4 Å². The smallest absolute Gasteiger partial charge is 0.301 e. The minimum absolute atomic E-state index is 0.117. The predicted octanol–water partition coefficient (Wildman–Crippen LogP) is 1.88. The first kappa shape index (κ1) is 14.8. The predicted molar refractivity (Wildman–Crippen MR) is 75.8 cm³/mol. The van der Waals surface area contributed by atoms with Crippen LogP contribution in [0.4, 0.5) is 11.4 Å². The first-order valence-electron chi connectivity index (χ1n) is 5.78. The minimum atomic E-state index is -3.57. The highest BCUT2D eigenvalue weighted by atomic mass is 32.2. The van der Waals surface area contributed by atoms with Gasteiger partial charge in [0.1, 0.15) is 0 Å². The molecule has 102 valence electrons. The van der Waals surface area contributed by atoms with Gasteiger partial charge in [-0.2, -0.15) is 12.7 Å². The van der Waals surface area contributed by atoms with E-state index < -0.39 is 10.2 Å².